The van der Waals surface area contributed by atoms with E-state index in [0.717, 1.165) is 32.2 Å². The van der Waals surface area contributed by atoms with Crippen molar-refractivity contribution < 1.29 is 24.5 Å². The number of unbranched alkanes of at least 4 members (excludes halogenated alkanes) is 1. The fraction of sp³-hybridized carbons (Fsp3) is 0.421. The van der Waals surface area contributed by atoms with Crippen molar-refractivity contribution in [3.8, 4) is 11.8 Å². The number of ether oxygens (including phenoxy) is 1. The van der Waals surface area contributed by atoms with Gasteiger partial charge >= 0.3 is 11.9 Å². The highest BCUT2D eigenvalue weighted by atomic mass is 35.5. The summed E-state index contributed by atoms with van der Waals surface area (Å²) < 4.78 is 5.97. The first-order chi connectivity index (χ1) is 12.8. The minimum atomic E-state index is -1.26. The van der Waals surface area contributed by atoms with Crippen LogP contribution in [0.25, 0.3) is 0 Å². The first kappa shape index (κ1) is 24.4. The lowest BCUT2D eigenvalue weighted by Gasteiger charge is -2.19. The summed E-state index contributed by atoms with van der Waals surface area (Å²) in [5.74, 6) is -1.92. The van der Waals surface area contributed by atoms with E-state index in [9.17, 15) is 9.59 Å². The Morgan fingerprint density at radius 2 is 1.93 bits per heavy atom. The summed E-state index contributed by atoms with van der Waals surface area (Å²) in [4.78, 5) is 19.1. The second-order valence-corrected chi connectivity index (χ2v) is 5.97. The van der Waals surface area contributed by atoms with Crippen LogP contribution in [0, 0.1) is 11.3 Å². The van der Waals surface area contributed by atoms with Gasteiger partial charge in [-0.25, -0.2) is 9.59 Å². The third kappa shape index (κ3) is 12.4. The quantitative estimate of drug-likeness (QED) is 0.518. The van der Waals surface area contributed by atoms with Gasteiger partial charge in [0.2, 0.25) is 0 Å². The first-order valence-electron chi connectivity index (χ1n) is 8.48. The number of carbonyl (C=O) groups is 2. The summed E-state index contributed by atoms with van der Waals surface area (Å²) >= 11 is 5.96. The molecule has 8 heteroatoms. The van der Waals surface area contributed by atoms with E-state index in [-0.39, 0.29) is 6.10 Å². The van der Waals surface area contributed by atoms with Gasteiger partial charge in [-0.2, -0.15) is 5.26 Å². The molecule has 0 radical (unpaired) electrons. The molecular formula is C19H25ClN2O5. The average molecular weight is 397 g/mol. The number of hydrogen-bond donors (Lipinski definition) is 3. The number of halogens is 1. The van der Waals surface area contributed by atoms with E-state index < -0.39 is 11.9 Å². The lowest BCUT2D eigenvalue weighted by atomic mass is 10.1. The third-order valence-electron chi connectivity index (χ3n) is 3.32. The Morgan fingerprint density at radius 3 is 2.41 bits per heavy atom. The third-order valence-corrected chi connectivity index (χ3v) is 3.56. The number of nitrogens with zero attached hydrogens (tertiary/aromatic N) is 1. The minimum absolute atomic E-state index is 0.123. The van der Waals surface area contributed by atoms with Crippen LogP contribution < -0.4 is 10.1 Å². The number of rotatable bonds is 10. The van der Waals surface area contributed by atoms with Crippen molar-refractivity contribution in [1.82, 2.24) is 5.32 Å². The van der Waals surface area contributed by atoms with Crippen molar-refractivity contribution in [3.63, 3.8) is 0 Å². The predicted molar refractivity (Wildman–Crippen MR) is 103 cm³/mol. The van der Waals surface area contributed by atoms with Gasteiger partial charge in [0.1, 0.15) is 11.8 Å². The van der Waals surface area contributed by atoms with Crippen molar-refractivity contribution >= 4 is 23.5 Å². The molecule has 1 aromatic carbocycles. The molecule has 148 valence electrons. The molecule has 7 nitrogen and oxygen atoms in total. The van der Waals surface area contributed by atoms with Crippen LogP contribution in [-0.4, -0.2) is 41.8 Å². The number of nitriles is 1. The molecule has 1 rings (SSSR count). The van der Waals surface area contributed by atoms with Crippen LogP contribution in [0.3, 0.4) is 0 Å². The smallest absolute Gasteiger partial charge is 0.328 e. The SMILES string of the molecule is CCCCC(CCNC)Oc1cc(Cl)ccc1C#N.O=C(O)/C=C/C(=O)O. The van der Waals surface area contributed by atoms with Crippen molar-refractivity contribution in [3.05, 3.63) is 40.9 Å². The molecule has 1 aromatic rings. The van der Waals surface area contributed by atoms with Gasteiger partial charge in [-0.1, -0.05) is 31.4 Å². The van der Waals surface area contributed by atoms with Crippen molar-refractivity contribution in [2.45, 2.75) is 38.7 Å². The number of nitrogens with one attached hydrogen (secondary N) is 1. The van der Waals surface area contributed by atoms with Crippen molar-refractivity contribution in [1.29, 1.82) is 5.26 Å². The fourth-order valence-electron chi connectivity index (χ4n) is 2.01. The average Bonchev–Trinajstić information content (AvgIpc) is 2.63. The summed E-state index contributed by atoms with van der Waals surface area (Å²) in [6.07, 6.45) is 5.42. The summed E-state index contributed by atoms with van der Waals surface area (Å²) in [6, 6.07) is 7.27. The summed E-state index contributed by atoms with van der Waals surface area (Å²) in [5.41, 5.74) is 0.537. The Balaban J connectivity index is 0.000000713. The van der Waals surface area contributed by atoms with Crippen LogP contribution in [0.1, 0.15) is 38.2 Å². The summed E-state index contributed by atoms with van der Waals surface area (Å²) in [6.45, 7) is 3.06. The second-order valence-electron chi connectivity index (χ2n) is 5.54. The zero-order valence-corrected chi connectivity index (χ0v) is 16.2. The normalized spacial score (nSPS) is 11.2. The van der Waals surface area contributed by atoms with E-state index in [2.05, 4.69) is 18.3 Å². The predicted octanol–water partition coefficient (Wildman–Crippen LogP) is 3.47. The van der Waals surface area contributed by atoms with Gasteiger partial charge in [-0.05, 0) is 38.6 Å². The Labute approximate surface area is 164 Å². The lowest BCUT2D eigenvalue weighted by molar-refractivity contribution is -0.134. The number of carboxylic acid groups (broad SMARTS) is 2. The second kappa shape index (κ2) is 14.6. The van der Waals surface area contributed by atoms with Crippen LogP contribution in [0.2, 0.25) is 5.02 Å². The molecule has 1 unspecified atom stereocenters. The van der Waals surface area contributed by atoms with Crippen LogP contribution >= 0.6 is 11.6 Å². The maximum absolute atomic E-state index is 9.55. The van der Waals surface area contributed by atoms with E-state index in [1.807, 2.05) is 7.05 Å². The van der Waals surface area contributed by atoms with E-state index >= 15 is 0 Å². The number of benzene rings is 1. The molecule has 0 saturated heterocycles. The minimum Gasteiger partial charge on any atom is -0.489 e. The number of carboxylic acids is 2. The Kier molecular flexibility index (Phi) is 13.2. The number of aliphatic carboxylic acids is 2. The van der Waals surface area contributed by atoms with Gasteiger partial charge in [0.25, 0.3) is 0 Å². The fourth-order valence-corrected chi connectivity index (χ4v) is 2.17. The first-order valence-corrected chi connectivity index (χ1v) is 8.86. The molecule has 0 aromatic heterocycles. The standard InChI is InChI=1S/C15H21ClN2O.C4H4O4/c1-3-4-5-14(8-9-18-2)19-15-10-13(16)7-6-12(15)11-17;5-3(6)1-2-4(7)8/h6-7,10,14,18H,3-5,8-9H2,1-2H3;1-2H,(H,5,6)(H,7,8)/b;2-1+. The van der Waals surface area contributed by atoms with Gasteiger partial charge in [0, 0.05) is 23.2 Å². The molecule has 0 fully saturated rings. The van der Waals surface area contributed by atoms with Crippen LogP contribution in [0.5, 0.6) is 5.75 Å². The molecule has 0 aliphatic carbocycles. The molecule has 0 aliphatic heterocycles. The van der Waals surface area contributed by atoms with Gasteiger partial charge in [-0.15, -0.1) is 0 Å². The van der Waals surface area contributed by atoms with Crippen molar-refractivity contribution in [2.24, 2.45) is 0 Å². The highest BCUT2D eigenvalue weighted by Crippen LogP contribution is 2.25. The van der Waals surface area contributed by atoms with Crippen molar-refractivity contribution in [2.75, 3.05) is 13.6 Å². The number of hydrogen-bond acceptors (Lipinski definition) is 5. The largest absolute Gasteiger partial charge is 0.489 e. The van der Waals surface area contributed by atoms with E-state index in [1.165, 1.54) is 0 Å². The van der Waals surface area contributed by atoms with E-state index in [0.29, 0.717) is 28.5 Å². The lowest BCUT2D eigenvalue weighted by Crippen LogP contribution is -2.22. The monoisotopic (exact) mass is 396 g/mol. The van der Waals surface area contributed by atoms with Gasteiger partial charge < -0.3 is 20.3 Å². The molecule has 0 amide bonds. The molecule has 27 heavy (non-hydrogen) atoms. The Hall–Kier alpha value is -2.56. The zero-order chi connectivity index (χ0) is 20.7. The Bertz CT molecular complexity index is 647. The highest BCUT2D eigenvalue weighted by Gasteiger charge is 2.13. The van der Waals surface area contributed by atoms with Gasteiger partial charge in [-0.3, -0.25) is 0 Å². The molecular weight excluding hydrogens is 372 g/mol. The molecule has 0 saturated carbocycles. The van der Waals surface area contributed by atoms with Crippen LogP contribution in [0.15, 0.2) is 30.4 Å². The molecule has 0 spiro atoms. The Morgan fingerprint density at radius 1 is 1.30 bits per heavy atom. The molecule has 0 aliphatic rings. The van der Waals surface area contributed by atoms with Gasteiger partial charge in [0.15, 0.2) is 0 Å². The zero-order valence-electron chi connectivity index (χ0n) is 15.4. The summed E-state index contributed by atoms with van der Waals surface area (Å²) in [5, 5.41) is 28.4. The van der Waals surface area contributed by atoms with E-state index in [1.54, 1.807) is 18.2 Å². The van der Waals surface area contributed by atoms with E-state index in [4.69, 9.17) is 31.8 Å². The van der Waals surface area contributed by atoms with Gasteiger partial charge in [0.05, 0.1) is 11.7 Å². The summed E-state index contributed by atoms with van der Waals surface area (Å²) in [7, 11) is 1.93. The molecule has 3 N–H and O–H groups in total. The highest BCUT2D eigenvalue weighted by molar-refractivity contribution is 6.30. The molecule has 0 heterocycles. The molecule has 1 atom stereocenters. The maximum Gasteiger partial charge on any atom is 0.328 e. The topological polar surface area (TPSA) is 120 Å². The van der Waals surface area contributed by atoms with Crippen LogP contribution in [0.4, 0.5) is 0 Å². The van der Waals surface area contributed by atoms with Crippen LogP contribution in [-0.2, 0) is 9.59 Å². The maximum atomic E-state index is 9.55. The molecule has 0 bridgehead atoms.